The van der Waals surface area contributed by atoms with Gasteiger partial charge < -0.3 is 4.90 Å². The Labute approximate surface area is 107 Å². The first-order valence-corrected chi connectivity index (χ1v) is 5.69. The van der Waals surface area contributed by atoms with Crippen LogP contribution in [0.1, 0.15) is 17.5 Å². The first kappa shape index (κ1) is 13.8. The summed E-state index contributed by atoms with van der Waals surface area (Å²) < 4.78 is 64.0. The van der Waals surface area contributed by atoms with Crippen LogP contribution < -0.4 is 4.90 Å². The summed E-state index contributed by atoms with van der Waals surface area (Å²) in [6.07, 6.45) is -3.49. The largest absolute Gasteiger partial charge is 0.416 e. The third-order valence-corrected chi connectivity index (χ3v) is 3.09. The lowest BCUT2D eigenvalue weighted by molar-refractivity contribution is -0.137. The average Bonchev–Trinajstić information content (AvgIpc) is 2.67. The molecular weight excluding hydrogens is 265 g/mol. The minimum Gasteiger partial charge on any atom is -0.365 e. The monoisotopic (exact) mass is 277 g/mol. The van der Waals surface area contributed by atoms with Crippen LogP contribution in [0, 0.1) is 0 Å². The van der Waals surface area contributed by atoms with E-state index in [0.717, 1.165) is 12.1 Å². The van der Waals surface area contributed by atoms with Crippen LogP contribution in [0.15, 0.2) is 24.8 Å². The quantitative estimate of drug-likeness (QED) is 0.732. The molecule has 1 aromatic rings. The van der Waals surface area contributed by atoms with E-state index in [0.29, 0.717) is 5.69 Å². The fourth-order valence-corrected chi connectivity index (χ4v) is 2.12. The zero-order valence-corrected chi connectivity index (χ0v) is 9.97. The number of hydrogen-bond acceptors (Lipinski definition) is 1. The molecular formula is C13H12F5N. The number of rotatable bonds is 2. The van der Waals surface area contributed by atoms with Gasteiger partial charge in [0.25, 0.3) is 5.92 Å². The minimum absolute atomic E-state index is 0.124. The van der Waals surface area contributed by atoms with Crippen LogP contribution in [0.4, 0.5) is 27.6 Å². The van der Waals surface area contributed by atoms with E-state index in [1.807, 2.05) is 0 Å². The van der Waals surface area contributed by atoms with Crippen LogP contribution >= 0.6 is 0 Å². The Bertz CT molecular complexity index is 492. The van der Waals surface area contributed by atoms with Gasteiger partial charge in [-0.3, -0.25) is 0 Å². The Morgan fingerprint density at radius 2 is 1.95 bits per heavy atom. The van der Waals surface area contributed by atoms with Crippen LogP contribution in [0.3, 0.4) is 0 Å². The third kappa shape index (κ3) is 2.88. The summed E-state index contributed by atoms with van der Waals surface area (Å²) in [6, 6.07) is 3.05. The summed E-state index contributed by atoms with van der Waals surface area (Å²) in [5.41, 5.74) is -0.232. The van der Waals surface area contributed by atoms with Crippen molar-refractivity contribution in [3.05, 3.63) is 35.9 Å². The maximum Gasteiger partial charge on any atom is 0.416 e. The van der Waals surface area contributed by atoms with Crippen molar-refractivity contribution < 1.29 is 22.0 Å². The van der Waals surface area contributed by atoms with Gasteiger partial charge in [0.05, 0.1) is 12.1 Å². The summed E-state index contributed by atoms with van der Waals surface area (Å²) >= 11 is 0. The average molecular weight is 277 g/mol. The normalized spacial score (nSPS) is 18.7. The molecule has 0 unspecified atom stereocenters. The molecule has 0 atom stereocenters. The van der Waals surface area contributed by atoms with E-state index in [4.69, 9.17) is 0 Å². The second kappa shape index (κ2) is 4.51. The highest BCUT2D eigenvalue weighted by molar-refractivity contribution is 5.68. The van der Waals surface area contributed by atoms with E-state index in [-0.39, 0.29) is 18.5 Å². The van der Waals surface area contributed by atoms with E-state index >= 15 is 0 Å². The molecule has 0 N–H and O–H groups in total. The van der Waals surface area contributed by atoms with Gasteiger partial charge in [-0.1, -0.05) is 12.7 Å². The smallest absolute Gasteiger partial charge is 0.365 e. The Kier molecular flexibility index (Phi) is 3.28. The lowest BCUT2D eigenvalue weighted by Crippen LogP contribution is -2.25. The van der Waals surface area contributed by atoms with Gasteiger partial charge in [-0.15, -0.1) is 0 Å². The molecule has 1 heterocycles. The fraction of sp³-hybridized carbons (Fsp3) is 0.385. The van der Waals surface area contributed by atoms with E-state index in [1.54, 1.807) is 0 Å². The summed E-state index contributed by atoms with van der Waals surface area (Å²) in [5.74, 6) is -2.79. The first-order valence-electron chi connectivity index (χ1n) is 5.69. The summed E-state index contributed by atoms with van der Waals surface area (Å²) in [6.45, 7) is 3.09. The molecule has 1 saturated heterocycles. The summed E-state index contributed by atoms with van der Waals surface area (Å²) in [5, 5.41) is 0. The van der Waals surface area contributed by atoms with Gasteiger partial charge >= 0.3 is 6.18 Å². The predicted octanol–water partition coefficient (Wildman–Crippen LogP) is 4.19. The zero-order chi connectivity index (χ0) is 14.3. The highest BCUT2D eigenvalue weighted by atomic mass is 19.4. The molecule has 19 heavy (non-hydrogen) atoms. The van der Waals surface area contributed by atoms with Crippen molar-refractivity contribution in [1.29, 1.82) is 0 Å². The van der Waals surface area contributed by atoms with Crippen LogP contribution in [0.5, 0.6) is 0 Å². The molecule has 0 spiro atoms. The Morgan fingerprint density at radius 3 is 2.42 bits per heavy atom. The van der Waals surface area contributed by atoms with Crippen LogP contribution in [0.25, 0.3) is 6.08 Å². The number of hydrogen-bond donors (Lipinski definition) is 0. The molecule has 0 aliphatic carbocycles. The Balaban J connectivity index is 2.35. The van der Waals surface area contributed by atoms with Gasteiger partial charge in [0, 0.05) is 18.7 Å². The van der Waals surface area contributed by atoms with Gasteiger partial charge in [-0.25, -0.2) is 8.78 Å². The fourth-order valence-electron chi connectivity index (χ4n) is 2.12. The highest BCUT2D eigenvalue weighted by Crippen LogP contribution is 2.36. The van der Waals surface area contributed by atoms with Crippen LogP contribution in [-0.4, -0.2) is 19.0 Å². The lowest BCUT2D eigenvalue weighted by atomic mass is 10.1. The minimum atomic E-state index is -4.45. The molecule has 0 bridgehead atoms. The van der Waals surface area contributed by atoms with E-state index in [2.05, 4.69) is 6.58 Å². The van der Waals surface area contributed by atoms with E-state index < -0.39 is 24.2 Å². The molecule has 0 saturated carbocycles. The van der Waals surface area contributed by atoms with Gasteiger partial charge in [-0.2, -0.15) is 13.2 Å². The number of halogens is 5. The van der Waals surface area contributed by atoms with Gasteiger partial charge in [0.2, 0.25) is 0 Å². The molecule has 2 rings (SSSR count). The number of nitrogens with zero attached hydrogens (tertiary/aromatic N) is 1. The standard InChI is InChI=1S/C13H12F5N/c1-2-9-7-10(13(16,17)18)3-4-11(9)19-6-5-12(14,15)8-19/h2-4,7H,1,5-6,8H2. The molecule has 104 valence electrons. The van der Waals surface area contributed by atoms with Crippen LogP contribution in [-0.2, 0) is 6.18 Å². The summed E-state index contributed by atoms with van der Waals surface area (Å²) in [4.78, 5) is 1.39. The highest BCUT2D eigenvalue weighted by Gasteiger charge is 2.39. The van der Waals surface area contributed by atoms with Crippen molar-refractivity contribution in [3.63, 3.8) is 0 Å². The molecule has 0 radical (unpaired) electrons. The maximum absolute atomic E-state index is 13.1. The van der Waals surface area contributed by atoms with Crippen LogP contribution in [0.2, 0.25) is 0 Å². The molecule has 6 heteroatoms. The number of benzene rings is 1. The number of alkyl halides is 5. The predicted molar refractivity (Wildman–Crippen MR) is 63.3 cm³/mol. The second-order valence-corrected chi connectivity index (χ2v) is 4.50. The third-order valence-electron chi connectivity index (χ3n) is 3.09. The molecule has 1 aromatic carbocycles. The van der Waals surface area contributed by atoms with E-state index in [9.17, 15) is 22.0 Å². The topological polar surface area (TPSA) is 3.24 Å². The van der Waals surface area contributed by atoms with Crippen molar-refractivity contribution in [2.24, 2.45) is 0 Å². The molecule has 0 amide bonds. The molecule has 0 aromatic heterocycles. The Hall–Kier alpha value is -1.59. The number of anilines is 1. The molecule has 1 aliphatic rings. The van der Waals surface area contributed by atoms with Crippen molar-refractivity contribution in [1.82, 2.24) is 0 Å². The molecule has 1 aliphatic heterocycles. The van der Waals surface area contributed by atoms with Crippen molar-refractivity contribution in [2.45, 2.75) is 18.5 Å². The lowest BCUT2D eigenvalue weighted by Gasteiger charge is -2.21. The SMILES string of the molecule is C=Cc1cc(C(F)(F)F)ccc1N1CCC(F)(F)C1. The molecule has 1 nitrogen and oxygen atoms in total. The van der Waals surface area contributed by atoms with E-state index in [1.165, 1.54) is 17.0 Å². The Morgan fingerprint density at radius 1 is 1.26 bits per heavy atom. The second-order valence-electron chi connectivity index (χ2n) is 4.50. The van der Waals surface area contributed by atoms with Gasteiger partial charge in [-0.05, 0) is 23.8 Å². The zero-order valence-electron chi connectivity index (χ0n) is 9.97. The summed E-state index contributed by atoms with van der Waals surface area (Å²) in [7, 11) is 0. The van der Waals surface area contributed by atoms with Crippen molar-refractivity contribution >= 4 is 11.8 Å². The maximum atomic E-state index is 13.1. The first-order chi connectivity index (χ1) is 8.73. The van der Waals surface area contributed by atoms with Gasteiger partial charge in [0.1, 0.15) is 0 Å². The van der Waals surface area contributed by atoms with Crippen molar-refractivity contribution in [2.75, 3.05) is 18.0 Å². The van der Waals surface area contributed by atoms with Gasteiger partial charge in [0.15, 0.2) is 0 Å². The molecule has 1 fully saturated rings. The van der Waals surface area contributed by atoms with Crippen molar-refractivity contribution in [3.8, 4) is 0 Å².